The quantitative estimate of drug-likeness (QED) is 0.870. The van der Waals surface area contributed by atoms with E-state index in [4.69, 9.17) is 5.11 Å². The number of carboxylic acid groups (broad SMARTS) is 1. The van der Waals surface area contributed by atoms with Gasteiger partial charge in [-0.05, 0) is 41.1 Å². The van der Waals surface area contributed by atoms with Crippen molar-refractivity contribution in [2.24, 2.45) is 0 Å². The molecule has 14 heavy (non-hydrogen) atoms. The minimum absolute atomic E-state index is 0.0328. The number of halogens is 1. The fraction of sp³-hybridized carbons (Fsp3) is 0.200. The second-order valence-electron chi connectivity index (χ2n) is 2.96. The topological polar surface area (TPSA) is 54.4 Å². The third-order valence-electron chi connectivity index (χ3n) is 1.75. The lowest BCUT2D eigenvalue weighted by atomic mass is 10.1. The second kappa shape index (κ2) is 4.54. The SMILES string of the molecule is CC(=O)Cc1cccc(C(=O)O)c1I. The lowest BCUT2D eigenvalue weighted by molar-refractivity contribution is -0.116. The Hall–Kier alpha value is -0.910. The molecule has 0 bridgehead atoms. The van der Waals surface area contributed by atoms with Crippen LogP contribution >= 0.6 is 22.6 Å². The van der Waals surface area contributed by atoms with Gasteiger partial charge in [-0.2, -0.15) is 0 Å². The van der Waals surface area contributed by atoms with Gasteiger partial charge < -0.3 is 5.11 Å². The number of hydrogen-bond donors (Lipinski definition) is 1. The Bertz CT molecular complexity index is 385. The molecule has 0 saturated heterocycles. The summed E-state index contributed by atoms with van der Waals surface area (Å²) in [6.07, 6.45) is 0.291. The van der Waals surface area contributed by atoms with Crippen LogP contribution in [0.1, 0.15) is 22.8 Å². The molecule has 0 saturated carbocycles. The summed E-state index contributed by atoms with van der Waals surface area (Å²) in [5, 5.41) is 8.83. The molecule has 74 valence electrons. The zero-order valence-corrected chi connectivity index (χ0v) is 9.74. The first-order valence-electron chi connectivity index (χ1n) is 4.02. The number of carbonyl (C=O) groups excluding carboxylic acids is 1. The summed E-state index contributed by atoms with van der Waals surface area (Å²) < 4.78 is 0.646. The molecule has 0 heterocycles. The zero-order valence-electron chi connectivity index (χ0n) is 7.58. The number of carbonyl (C=O) groups is 2. The number of benzene rings is 1. The molecule has 0 fully saturated rings. The number of rotatable bonds is 3. The highest BCUT2D eigenvalue weighted by Gasteiger charge is 2.11. The zero-order chi connectivity index (χ0) is 10.7. The third kappa shape index (κ3) is 2.54. The van der Waals surface area contributed by atoms with Crippen molar-refractivity contribution in [3.8, 4) is 0 Å². The number of carboxylic acids is 1. The van der Waals surface area contributed by atoms with Gasteiger partial charge in [-0.3, -0.25) is 4.79 Å². The predicted molar refractivity (Wildman–Crippen MR) is 60.5 cm³/mol. The molecule has 0 aliphatic carbocycles. The molecule has 3 nitrogen and oxygen atoms in total. The van der Waals surface area contributed by atoms with Crippen molar-refractivity contribution < 1.29 is 14.7 Å². The van der Waals surface area contributed by atoms with Crippen LogP contribution in [0.25, 0.3) is 0 Å². The molecule has 0 amide bonds. The smallest absolute Gasteiger partial charge is 0.336 e. The Morgan fingerprint density at radius 2 is 2.07 bits per heavy atom. The Balaban J connectivity index is 3.13. The average molecular weight is 304 g/mol. The molecule has 0 unspecified atom stereocenters. The number of Topliss-reactive ketones (excluding diaryl/α,β-unsaturated/α-hetero) is 1. The van der Waals surface area contributed by atoms with Crippen LogP contribution in [0.4, 0.5) is 0 Å². The molecule has 0 aliphatic rings. The monoisotopic (exact) mass is 304 g/mol. The lowest BCUT2D eigenvalue weighted by Gasteiger charge is -2.04. The van der Waals surface area contributed by atoms with E-state index in [2.05, 4.69) is 0 Å². The largest absolute Gasteiger partial charge is 0.478 e. The molecule has 0 atom stereocenters. The molecule has 0 radical (unpaired) electrons. The van der Waals surface area contributed by atoms with Gasteiger partial charge in [0.15, 0.2) is 0 Å². The predicted octanol–water partition coefficient (Wildman–Crippen LogP) is 2.12. The summed E-state index contributed by atoms with van der Waals surface area (Å²) in [6, 6.07) is 4.97. The van der Waals surface area contributed by atoms with Gasteiger partial charge in [0.2, 0.25) is 0 Å². The Kier molecular flexibility index (Phi) is 3.62. The van der Waals surface area contributed by atoms with Gasteiger partial charge in [0, 0.05) is 9.99 Å². The maximum Gasteiger partial charge on any atom is 0.336 e. The van der Waals surface area contributed by atoms with E-state index in [0.29, 0.717) is 9.99 Å². The van der Waals surface area contributed by atoms with Gasteiger partial charge >= 0.3 is 5.97 Å². The summed E-state index contributed by atoms with van der Waals surface area (Å²) in [4.78, 5) is 21.7. The molecule has 0 aliphatic heterocycles. The van der Waals surface area contributed by atoms with Gasteiger partial charge in [0.1, 0.15) is 5.78 Å². The number of ketones is 1. The molecule has 0 aromatic heterocycles. The maximum atomic E-state index is 10.9. The number of aromatic carboxylic acids is 1. The summed E-state index contributed by atoms with van der Waals surface area (Å²) in [5.41, 5.74) is 1.03. The summed E-state index contributed by atoms with van der Waals surface area (Å²) in [5.74, 6) is -0.926. The highest BCUT2D eigenvalue weighted by atomic mass is 127. The standard InChI is InChI=1S/C10H9IO3/c1-6(12)5-7-3-2-4-8(9(7)11)10(13)14/h2-4H,5H2,1H3,(H,13,14). The fourth-order valence-electron chi connectivity index (χ4n) is 1.15. The van der Waals surface area contributed by atoms with Crippen LogP contribution in [0.5, 0.6) is 0 Å². The van der Waals surface area contributed by atoms with Crippen molar-refractivity contribution in [2.75, 3.05) is 0 Å². The average Bonchev–Trinajstić information content (AvgIpc) is 2.07. The Morgan fingerprint density at radius 1 is 1.43 bits per heavy atom. The first kappa shape index (κ1) is 11.2. The Labute approximate surface area is 95.3 Å². The minimum Gasteiger partial charge on any atom is -0.478 e. The molecule has 1 rings (SSSR count). The van der Waals surface area contributed by atoms with Gasteiger partial charge in [-0.1, -0.05) is 12.1 Å². The maximum absolute atomic E-state index is 10.9. The van der Waals surface area contributed by atoms with Crippen molar-refractivity contribution in [1.82, 2.24) is 0 Å². The van der Waals surface area contributed by atoms with E-state index in [1.807, 2.05) is 22.6 Å². The van der Waals surface area contributed by atoms with Crippen molar-refractivity contribution in [3.05, 3.63) is 32.9 Å². The molecular weight excluding hydrogens is 295 g/mol. The molecular formula is C10H9IO3. The third-order valence-corrected chi connectivity index (χ3v) is 3.02. The van der Waals surface area contributed by atoms with E-state index in [1.165, 1.54) is 13.0 Å². The van der Waals surface area contributed by atoms with Gasteiger partial charge in [-0.25, -0.2) is 4.79 Å². The minimum atomic E-state index is -0.959. The van der Waals surface area contributed by atoms with Crippen molar-refractivity contribution in [1.29, 1.82) is 0 Å². The molecule has 1 aromatic rings. The van der Waals surface area contributed by atoms with Crippen LogP contribution in [-0.4, -0.2) is 16.9 Å². The fourth-order valence-corrected chi connectivity index (χ4v) is 1.93. The van der Waals surface area contributed by atoms with E-state index >= 15 is 0 Å². The summed E-state index contributed by atoms with van der Waals surface area (Å²) >= 11 is 1.96. The molecule has 0 spiro atoms. The van der Waals surface area contributed by atoms with Crippen LogP contribution in [0.15, 0.2) is 18.2 Å². The van der Waals surface area contributed by atoms with Crippen molar-refractivity contribution in [3.63, 3.8) is 0 Å². The van der Waals surface area contributed by atoms with E-state index in [0.717, 1.165) is 5.56 Å². The van der Waals surface area contributed by atoms with Gasteiger partial charge in [0.25, 0.3) is 0 Å². The highest BCUT2D eigenvalue weighted by Crippen LogP contribution is 2.18. The molecule has 4 heteroatoms. The van der Waals surface area contributed by atoms with Gasteiger partial charge in [0.05, 0.1) is 5.56 Å². The van der Waals surface area contributed by atoms with E-state index in [1.54, 1.807) is 12.1 Å². The van der Waals surface area contributed by atoms with Crippen LogP contribution in [-0.2, 0) is 11.2 Å². The van der Waals surface area contributed by atoms with Crippen molar-refractivity contribution in [2.45, 2.75) is 13.3 Å². The lowest BCUT2D eigenvalue weighted by Crippen LogP contribution is -2.05. The van der Waals surface area contributed by atoms with Crippen molar-refractivity contribution >= 4 is 34.3 Å². The van der Waals surface area contributed by atoms with E-state index < -0.39 is 5.97 Å². The van der Waals surface area contributed by atoms with Crippen LogP contribution < -0.4 is 0 Å². The van der Waals surface area contributed by atoms with Crippen LogP contribution in [0, 0.1) is 3.57 Å². The van der Waals surface area contributed by atoms with E-state index in [-0.39, 0.29) is 11.3 Å². The number of hydrogen-bond acceptors (Lipinski definition) is 2. The van der Waals surface area contributed by atoms with Crippen LogP contribution in [0.2, 0.25) is 0 Å². The second-order valence-corrected chi connectivity index (χ2v) is 4.04. The summed E-state index contributed by atoms with van der Waals surface area (Å²) in [7, 11) is 0. The first-order chi connectivity index (χ1) is 6.52. The highest BCUT2D eigenvalue weighted by molar-refractivity contribution is 14.1. The van der Waals surface area contributed by atoms with E-state index in [9.17, 15) is 9.59 Å². The van der Waals surface area contributed by atoms with Gasteiger partial charge in [-0.15, -0.1) is 0 Å². The normalized spacial score (nSPS) is 9.86. The van der Waals surface area contributed by atoms with Crippen LogP contribution in [0.3, 0.4) is 0 Å². The summed E-state index contributed by atoms with van der Waals surface area (Å²) in [6.45, 7) is 1.49. The Morgan fingerprint density at radius 3 is 2.57 bits per heavy atom. The molecule has 1 N–H and O–H groups in total. The first-order valence-corrected chi connectivity index (χ1v) is 5.10. The molecule has 1 aromatic carbocycles.